The van der Waals surface area contributed by atoms with Crippen molar-refractivity contribution in [3.8, 4) is 0 Å². The van der Waals surface area contributed by atoms with Gasteiger partial charge >= 0.3 is 6.18 Å². The number of hydrogen-bond donors (Lipinski definition) is 2. The zero-order chi connectivity index (χ0) is 24.9. The largest absolute Gasteiger partial charge is 0.435 e. The van der Waals surface area contributed by atoms with E-state index >= 15 is 0 Å². The van der Waals surface area contributed by atoms with Crippen LogP contribution in [0, 0.1) is 6.92 Å². The molecule has 0 aromatic carbocycles. The van der Waals surface area contributed by atoms with Crippen LogP contribution in [0.25, 0.3) is 0 Å². The smallest absolute Gasteiger partial charge is 0.350 e. The van der Waals surface area contributed by atoms with Gasteiger partial charge in [-0.3, -0.25) is 14.5 Å². The molecular weight excluding hydrogens is 461 g/mol. The Hall–Kier alpha value is -3.70. The molecule has 184 valence electrons. The Morgan fingerprint density at radius 1 is 1.23 bits per heavy atom. The van der Waals surface area contributed by atoms with E-state index in [2.05, 4.69) is 30.7 Å². The second-order valence-corrected chi connectivity index (χ2v) is 9.00. The minimum atomic E-state index is -4.46. The lowest BCUT2D eigenvalue weighted by molar-refractivity contribution is -0.141. The summed E-state index contributed by atoms with van der Waals surface area (Å²) in [6.45, 7) is 4.20. The molecule has 0 unspecified atom stereocenters. The van der Waals surface area contributed by atoms with Crippen LogP contribution in [-0.4, -0.2) is 43.7 Å². The SMILES string of the molecule is Cc1nc(NCc2ccc(Cn3nc(C(F)(F)F)cc3C3CC3)nc2)nc2c1NC(=O)[C@H](C)N2C. The summed E-state index contributed by atoms with van der Waals surface area (Å²) >= 11 is 0. The van der Waals surface area contributed by atoms with E-state index in [4.69, 9.17) is 0 Å². The number of nitrogens with one attached hydrogen (secondary N) is 2. The molecule has 35 heavy (non-hydrogen) atoms. The number of carbonyl (C=O) groups excluding carboxylic acids is 1. The van der Waals surface area contributed by atoms with Gasteiger partial charge in [0.15, 0.2) is 11.5 Å². The number of aryl methyl sites for hydroxylation is 1. The number of likely N-dealkylation sites (N-methyl/N-ethyl adjacent to an activating group) is 1. The number of alkyl halides is 3. The number of carbonyl (C=O) groups is 1. The second kappa shape index (κ2) is 8.51. The summed E-state index contributed by atoms with van der Waals surface area (Å²) in [7, 11) is 1.81. The van der Waals surface area contributed by atoms with Crippen molar-refractivity contribution in [3.63, 3.8) is 0 Å². The van der Waals surface area contributed by atoms with Crippen molar-refractivity contribution in [1.29, 1.82) is 0 Å². The van der Waals surface area contributed by atoms with Crippen molar-refractivity contribution < 1.29 is 18.0 Å². The van der Waals surface area contributed by atoms with Gasteiger partial charge in [0.2, 0.25) is 11.9 Å². The lowest BCUT2D eigenvalue weighted by atomic mass is 10.2. The molecule has 1 atom stereocenters. The Kier molecular flexibility index (Phi) is 5.60. The molecule has 0 saturated heterocycles. The molecule has 4 heterocycles. The van der Waals surface area contributed by atoms with E-state index in [1.807, 2.05) is 20.0 Å². The average Bonchev–Trinajstić information content (AvgIpc) is 3.56. The fraction of sp³-hybridized carbons (Fsp3) is 0.435. The molecule has 1 saturated carbocycles. The Labute approximate surface area is 199 Å². The molecule has 12 heteroatoms. The van der Waals surface area contributed by atoms with Crippen molar-refractivity contribution in [2.24, 2.45) is 0 Å². The number of rotatable bonds is 6. The van der Waals surface area contributed by atoms with Crippen molar-refractivity contribution in [3.05, 3.63) is 52.7 Å². The fourth-order valence-electron chi connectivity index (χ4n) is 4.02. The summed E-state index contributed by atoms with van der Waals surface area (Å²) < 4.78 is 40.8. The van der Waals surface area contributed by atoms with E-state index in [-0.39, 0.29) is 24.4 Å². The van der Waals surface area contributed by atoms with Gasteiger partial charge in [0.25, 0.3) is 0 Å². The van der Waals surface area contributed by atoms with E-state index in [1.165, 1.54) is 4.68 Å². The van der Waals surface area contributed by atoms with Gasteiger partial charge in [-0.15, -0.1) is 0 Å². The fourth-order valence-corrected chi connectivity index (χ4v) is 4.02. The van der Waals surface area contributed by atoms with E-state index in [9.17, 15) is 18.0 Å². The molecule has 2 N–H and O–H groups in total. The minimum Gasteiger partial charge on any atom is -0.350 e. The van der Waals surface area contributed by atoms with Crippen LogP contribution in [0.4, 0.5) is 30.6 Å². The highest BCUT2D eigenvalue weighted by Crippen LogP contribution is 2.42. The summed E-state index contributed by atoms with van der Waals surface area (Å²) in [5.74, 6) is 1.10. The van der Waals surface area contributed by atoms with Gasteiger partial charge in [-0.05, 0) is 44.4 Å². The third-order valence-electron chi connectivity index (χ3n) is 6.36. The maximum Gasteiger partial charge on any atom is 0.435 e. The monoisotopic (exact) mass is 486 g/mol. The number of pyridine rings is 1. The topological polar surface area (TPSA) is 101 Å². The molecule has 3 aromatic rings. The van der Waals surface area contributed by atoms with E-state index < -0.39 is 11.9 Å². The molecule has 1 aliphatic carbocycles. The summed E-state index contributed by atoms with van der Waals surface area (Å²) in [5.41, 5.74) is 2.49. The summed E-state index contributed by atoms with van der Waals surface area (Å²) in [4.78, 5) is 27.3. The maximum atomic E-state index is 13.1. The van der Waals surface area contributed by atoms with Crippen molar-refractivity contribution in [2.45, 2.75) is 57.9 Å². The molecule has 0 spiro atoms. The molecule has 5 rings (SSSR count). The highest BCUT2D eigenvalue weighted by atomic mass is 19.4. The van der Waals surface area contributed by atoms with E-state index in [0.29, 0.717) is 41.1 Å². The number of fused-ring (bicyclic) bond motifs is 1. The third-order valence-corrected chi connectivity index (χ3v) is 6.36. The summed E-state index contributed by atoms with van der Waals surface area (Å²) in [6.07, 6.45) is -1.03. The molecule has 1 amide bonds. The third kappa shape index (κ3) is 4.64. The number of aromatic nitrogens is 5. The maximum absolute atomic E-state index is 13.1. The highest BCUT2D eigenvalue weighted by Gasteiger charge is 2.38. The summed E-state index contributed by atoms with van der Waals surface area (Å²) in [5, 5.41) is 9.81. The Morgan fingerprint density at radius 3 is 2.66 bits per heavy atom. The van der Waals surface area contributed by atoms with Crippen LogP contribution in [0.15, 0.2) is 24.4 Å². The van der Waals surface area contributed by atoms with Crippen LogP contribution in [-0.2, 0) is 24.1 Å². The molecule has 0 bridgehead atoms. The van der Waals surface area contributed by atoms with Crippen molar-refractivity contribution in [2.75, 3.05) is 22.6 Å². The number of hydrogen-bond acceptors (Lipinski definition) is 7. The van der Waals surface area contributed by atoms with Gasteiger partial charge in [0, 0.05) is 31.4 Å². The van der Waals surface area contributed by atoms with Crippen LogP contribution < -0.4 is 15.5 Å². The molecule has 9 nitrogen and oxygen atoms in total. The lowest BCUT2D eigenvalue weighted by Gasteiger charge is -2.32. The van der Waals surface area contributed by atoms with Gasteiger partial charge in [-0.2, -0.15) is 23.3 Å². The molecule has 2 aliphatic rings. The number of amides is 1. The van der Waals surface area contributed by atoms with Gasteiger partial charge in [0.1, 0.15) is 11.7 Å². The Balaban J connectivity index is 1.27. The number of halogens is 3. The first-order valence-corrected chi connectivity index (χ1v) is 11.3. The number of anilines is 3. The van der Waals surface area contributed by atoms with E-state index in [1.54, 1.807) is 24.1 Å². The van der Waals surface area contributed by atoms with E-state index in [0.717, 1.165) is 24.5 Å². The zero-order valence-electron chi connectivity index (χ0n) is 19.5. The number of nitrogens with zero attached hydrogens (tertiary/aromatic N) is 6. The van der Waals surface area contributed by atoms with Gasteiger partial charge in [0.05, 0.1) is 17.9 Å². The summed E-state index contributed by atoms with van der Waals surface area (Å²) in [6, 6.07) is 4.45. The molecule has 3 aromatic heterocycles. The van der Waals surface area contributed by atoms with Crippen LogP contribution in [0.5, 0.6) is 0 Å². The van der Waals surface area contributed by atoms with Crippen LogP contribution in [0.2, 0.25) is 0 Å². The quantitative estimate of drug-likeness (QED) is 0.548. The Bertz CT molecular complexity index is 1270. The first kappa shape index (κ1) is 23.1. The highest BCUT2D eigenvalue weighted by molar-refractivity contribution is 6.03. The Morgan fingerprint density at radius 2 is 2.00 bits per heavy atom. The van der Waals surface area contributed by atoms with Gasteiger partial charge in [-0.1, -0.05) is 6.07 Å². The van der Waals surface area contributed by atoms with Crippen LogP contribution in [0.1, 0.15) is 54.0 Å². The molecule has 0 radical (unpaired) electrons. The first-order chi connectivity index (χ1) is 16.6. The lowest BCUT2D eigenvalue weighted by Crippen LogP contribution is -2.44. The minimum absolute atomic E-state index is 0.104. The van der Waals surface area contributed by atoms with Gasteiger partial charge in [-0.25, -0.2) is 4.98 Å². The normalized spacial score (nSPS) is 17.8. The van der Waals surface area contributed by atoms with Crippen molar-refractivity contribution >= 4 is 23.4 Å². The average molecular weight is 487 g/mol. The van der Waals surface area contributed by atoms with Crippen LogP contribution in [0.3, 0.4) is 0 Å². The second-order valence-electron chi connectivity index (χ2n) is 9.00. The predicted octanol–water partition coefficient (Wildman–Crippen LogP) is 3.71. The predicted molar refractivity (Wildman–Crippen MR) is 123 cm³/mol. The van der Waals surface area contributed by atoms with Crippen LogP contribution >= 0.6 is 0 Å². The van der Waals surface area contributed by atoms with Crippen molar-refractivity contribution in [1.82, 2.24) is 24.7 Å². The molecule has 1 aliphatic heterocycles. The first-order valence-electron chi connectivity index (χ1n) is 11.3. The zero-order valence-corrected chi connectivity index (χ0v) is 19.5. The molecular formula is C23H25F3N8O. The molecule has 1 fully saturated rings. The standard InChI is InChI=1S/C23H25F3N8O/c1-12-19-20(33(3)13(2)21(35)30-19)31-22(29-12)28-10-14-4-7-16(27-9-14)11-34-17(15-5-6-15)8-18(32-34)23(24,25)26/h4,7-9,13,15H,5-6,10-11H2,1-3H3,(H,30,35)(H,28,29,31)/t13-/m0/s1. The van der Waals surface area contributed by atoms with Gasteiger partial charge < -0.3 is 15.5 Å².